The van der Waals surface area contributed by atoms with Crippen LogP contribution >= 0.6 is 0 Å². The number of nitrogens with zero attached hydrogens (tertiary/aromatic N) is 3. The minimum atomic E-state index is -0.616. The average Bonchev–Trinajstić information content (AvgIpc) is 3.00. The molecule has 1 atom stereocenters. The van der Waals surface area contributed by atoms with Gasteiger partial charge in [-0.2, -0.15) is 5.10 Å². The first kappa shape index (κ1) is 15.3. The van der Waals surface area contributed by atoms with Crippen LogP contribution in [0.15, 0.2) is 48.9 Å². The quantitative estimate of drug-likeness (QED) is 0.688. The zero-order valence-electron chi connectivity index (χ0n) is 13.0. The van der Waals surface area contributed by atoms with E-state index in [2.05, 4.69) is 10.1 Å². The highest BCUT2D eigenvalue weighted by Crippen LogP contribution is 2.34. The van der Waals surface area contributed by atoms with E-state index < -0.39 is 11.6 Å². The van der Waals surface area contributed by atoms with Crippen LogP contribution in [0.3, 0.4) is 0 Å². The van der Waals surface area contributed by atoms with Crippen LogP contribution in [0.5, 0.6) is 0 Å². The summed E-state index contributed by atoms with van der Waals surface area (Å²) in [5, 5.41) is 4.47. The van der Waals surface area contributed by atoms with E-state index in [4.69, 9.17) is 0 Å². The summed E-state index contributed by atoms with van der Waals surface area (Å²) in [6.07, 6.45) is 6.01. The summed E-state index contributed by atoms with van der Waals surface area (Å²) in [6.45, 7) is 4.06. The number of halogens is 2. The van der Waals surface area contributed by atoms with E-state index in [1.807, 2.05) is 20.0 Å². The SMILES string of the molecule is CCC(C)n1cc(-c2ccncc2)c(-c2c(F)cccc2F)n1. The van der Waals surface area contributed by atoms with Gasteiger partial charge in [-0.05, 0) is 43.2 Å². The van der Waals surface area contributed by atoms with Gasteiger partial charge in [0.25, 0.3) is 0 Å². The highest BCUT2D eigenvalue weighted by atomic mass is 19.1. The predicted molar refractivity (Wildman–Crippen MR) is 85.8 cm³/mol. The first-order chi connectivity index (χ1) is 11.1. The Balaban J connectivity index is 2.25. The van der Waals surface area contributed by atoms with E-state index in [1.165, 1.54) is 18.2 Å². The maximum atomic E-state index is 14.2. The molecule has 1 aromatic carbocycles. The fourth-order valence-corrected chi connectivity index (χ4v) is 2.46. The van der Waals surface area contributed by atoms with Crippen LogP contribution in [0.25, 0.3) is 22.4 Å². The molecule has 5 heteroatoms. The number of rotatable bonds is 4. The molecule has 0 aliphatic rings. The molecule has 0 fully saturated rings. The summed E-state index contributed by atoms with van der Waals surface area (Å²) in [6, 6.07) is 7.60. The molecule has 0 radical (unpaired) electrons. The van der Waals surface area contributed by atoms with Crippen molar-refractivity contribution in [2.45, 2.75) is 26.3 Å². The number of pyridine rings is 1. The minimum absolute atomic E-state index is 0.0960. The molecule has 118 valence electrons. The Morgan fingerprint density at radius 2 is 1.74 bits per heavy atom. The topological polar surface area (TPSA) is 30.7 Å². The van der Waals surface area contributed by atoms with Crippen molar-refractivity contribution >= 4 is 0 Å². The molecular formula is C18H17F2N3. The zero-order chi connectivity index (χ0) is 16.4. The molecular weight excluding hydrogens is 296 g/mol. The molecule has 0 spiro atoms. The molecule has 0 saturated heterocycles. The lowest BCUT2D eigenvalue weighted by Gasteiger charge is -2.08. The van der Waals surface area contributed by atoms with E-state index in [9.17, 15) is 8.78 Å². The largest absolute Gasteiger partial charge is 0.269 e. The number of benzene rings is 1. The van der Waals surface area contributed by atoms with E-state index in [1.54, 1.807) is 29.2 Å². The van der Waals surface area contributed by atoms with Crippen molar-refractivity contribution in [3.63, 3.8) is 0 Å². The van der Waals surface area contributed by atoms with Crippen LogP contribution < -0.4 is 0 Å². The summed E-state index contributed by atoms with van der Waals surface area (Å²) in [4.78, 5) is 3.99. The summed E-state index contributed by atoms with van der Waals surface area (Å²) < 4.78 is 30.2. The smallest absolute Gasteiger partial charge is 0.135 e. The Bertz CT molecular complexity index is 792. The standard InChI is InChI=1S/C18H17F2N3/c1-3-12(2)23-11-14(13-7-9-21-10-8-13)18(22-23)17-15(19)5-4-6-16(17)20/h4-12H,3H2,1-2H3. The van der Waals surface area contributed by atoms with Gasteiger partial charge in [-0.3, -0.25) is 9.67 Å². The van der Waals surface area contributed by atoms with Crippen molar-refractivity contribution in [2.24, 2.45) is 0 Å². The van der Waals surface area contributed by atoms with Crippen molar-refractivity contribution in [1.29, 1.82) is 0 Å². The first-order valence-corrected chi connectivity index (χ1v) is 7.55. The van der Waals surface area contributed by atoms with Crippen molar-refractivity contribution in [3.8, 4) is 22.4 Å². The lowest BCUT2D eigenvalue weighted by molar-refractivity contribution is 0.478. The van der Waals surface area contributed by atoms with Gasteiger partial charge >= 0.3 is 0 Å². The van der Waals surface area contributed by atoms with E-state index in [0.29, 0.717) is 11.3 Å². The van der Waals surface area contributed by atoms with E-state index >= 15 is 0 Å². The van der Waals surface area contributed by atoms with Gasteiger partial charge in [0, 0.05) is 30.2 Å². The number of hydrogen-bond acceptors (Lipinski definition) is 2. The molecule has 2 heterocycles. The van der Waals surface area contributed by atoms with Crippen LogP contribution in [0, 0.1) is 11.6 Å². The molecule has 0 saturated carbocycles. The second-order valence-electron chi connectivity index (χ2n) is 5.46. The van der Waals surface area contributed by atoms with Crippen molar-refractivity contribution in [2.75, 3.05) is 0 Å². The van der Waals surface area contributed by atoms with Gasteiger partial charge < -0.3 is 0 Å². The highest BCUT2D eigenvalue weighted by molar-refractivity contribution is 5.80. The second-order valence-corrected chi connectivity index (χ2v) is 5.46. The van der Waals surface area contributed by atoms with E-state index in [0.717, 1.165) is 12.0 Å². The van der Waals surface area contributed by atoms with Crippen LogP contribution in [-0.4, -0.2) is 14.8 Å². The molecule has 0 N–H and O–H groups in total. The molecule has 0 bridgehead atoms. The fourth-order valence-electron chi connectivity index (χ4n) is 2.46. The maximum absolute atomic E-state index is 14.2. The fraction of sp³-hybridized carbons (Fsp3) is 0.222. The number of hydrogen-bond donors (Lipinski definition) is 0. The molecule has 3 aromatic rings. The van der Waals surface area contributed by atoms with Gasteiger partial charge in [0.2, 0.25) is 0 Å². The predicted octanol–water partition coefficient (Wildman–Crippen LogP) is 4.86. The monoisotopic (exact) mass is 313 g/mol. The Hall–Kier alpha value is -2.56. The third-order valence-electron chi connectivity index (χ3n) is 3.97. The summed E-state index contributed by atoms with van der Waals surface area (Å²) in [5.41, 5.74) is 1.73. The van der Waals surface area contributed by atoms with Crippen LogP contribution in [0.2, 0.25) is 0 Å². The maximum Gasteiger partial charge on any atom is 0.135 e. The van der Waals surface area contributed by atoms with Gasteiger partial charge in [0.1, 0.15) is 17.3 Å². The molecule has 3 rings (SSSR count). The minimum Gasteiger partial charge on any atom is -0.269 e. The second kappa shape index (κ2) is 6.28. The van der Waals surface area contributed by atoms with E-state index in [-0.39, 0.29) is 11.6 Å². The first-order valence-electron chi connectivity index (χ1n) is 7.55. The van der Waals surface area contributed by atoms with Gasteiger partial charge in [0.05, 0.1) is 5.56 Å². The Morgan fingerprint density at radius 1 is 1.09 bits per heavy atom. The molecule has 0 aliphatic carbocycles. The molecule has 2 aromatic heterocycles. The van der Waals surface area contributed by atoms with Crippen LogP contribution in [0.4, 0.5) is 8.78 Å². The van der Waals surface area contributed by atoms with Crippen molar-refractivity contribution in [3.05, 3.63) is 60.6 Å². The molecule has 1 unspecified atom stereocenters. The number of aromatic nitrogens is 3. The van der Waals surface area contributed by atoms with Gasteiger partial charge in [-0.25, -0.2) is 8.78 Å². The molecule has 0 aliphatic heterocycles. The third-order valence-corrected chi connectivity index (χ3v) is 3.97. The van der Waals surface area contributed by atoms with Gasteiger partial charge in [0.15, 0.2) is 0 Å². The van der Waals surface area contributed by atoms with Crippen LogP contribution in [-0.2, 0) is 0 Å². The lowest BCUT2D eigenvalue weighted by Crippen LogP contribution is -2.04. The third kappa shape index (κ3) is 2.86. The Kier molecular flexibility index (Phi) is 4.19. The molecule has 23 heavy (non-hydrogen) atoms. The van der Waals surface area contributed by atoms with Gasteiger partial charge in [-0.1, -0.05) is 13.0 Å². The Labute approximate surface area is 133 Å². The normalized spacial score (nSPS) is 12.3. The zero-order valence-corrected chi connectivity index (χ0v) is 13.0. The lowest BCUT2D eigenvalue weighted by atomic mass is 10.0. The van der Waals surface area contributed by atoms with Crippen molar-refractivity contribution in [1.82, 2.24) is 14.8 Å². The molecule has 3 nitrogen and oxygen atoms in total. The Morgan fingerprint density at radius 3 is 2.35 bits per heavy atom. The van der Waals surface area contributed by atoms with Gasteiger partial charge in [-0.15, -0.1) is 0 Å². The highest BCUT2D eigenvalue weighted by Gasteiger charge is 2.21. The molecule has 0 amide bonds. The summed E-state index contributed by atoms with van der Waals surface area (Å²) in [7, 11) is 0. The summed E-state index contributed by atoms with van der Waals surface area (Å²) >= 11 is 0. The average molecular weight is 313 g/mol. The van der Waals surface area contributed by atoms with Crippen LogP contribution in [0.1, 0.15) is 26.3 Å². The summed E-state index contributed by atoms with van der Waals surface area (Å²) in [5.74, 6) is -1.23. The van der Waals surface area contributed by atoms with Crippen molar-refractivity contribution < 1.29 is 8.78 Å².